The number of alkyl carbamates (subject to hydrolysis) is 1. The second-order valence-corrected chi connectivity index (χ2v) is 4.48. The van der Waals surface area contributed by atoms with Gasteiger partial charge in [0.05, 0.1) is 0 Å². The Morgan fingerprint density at radius 3 is 3.06 bits per heavy atom. The van der Waals surface area contributed by atoms with Crippen LogP contribution in [0.25, 0.3) is 0 Å². The summed E-state index contributed by atoms with van der Waals surface area (Å²) in [4.78, 5) is 11.3. The van der Waals surface area contributed by atoms with E-state index in [1.54, 1.807) is 0 Å². The van der Waals surface area contributed by atoms with Gasteiger partial charge in [-0.25, -0.2) is 4.79 Å². The lowest BCUT2D eigenvalue weighted by Gasteiger charge is -2.13. The number of hydrogen-bond acceptors (Lipinski definition) is 2. The maximum absolute atomic E-state index is 11.3. The summed E-state index contributed by atoms with van der Waals surface area (Å²) in [7, 11) is 0. The molecular weight excluding hydrogens is 214 g/mol. The smallest absolute Gasteiger partial charge is 0.407 e. The van der Waals surface area contributed by atoms with Crippen molar-refractivity contribution in [2.75, 3.05) is 6.54 Å². The first kappa shape index (κ1) is 13.8. The van der Waals surface area contributed by atoms with Gasteiger partial charge in [-0.3, -0.25) is 0 Å². The summed E-state index contributed by atoms with van der Waals surface area (Å²) in [6, 6.07) is 0. The highest BCUT2D eigenvalue weighted by Gasteiger charge is 2.06. The molecule has 3 nitrogen and oxygen atoms in total. The van der Waals surface area contributed by atoms with Gasteiger partial charge in [-0.05, 0) is 38.5 Å². The number of amides is 1. The second kappa shape index (κ2) is 7.93. The van der Waals surface area contributed by atoms with Crippen LogP contribution in [0.4, 0.5) is 4.79 Å². The normalized spacial score (nSPS) is 21.4. The quantitative estimate of drug-likeness (QED) is 0.744. The Morgan fingerprint density at radius 1 is 1.59 bits per heavy atom. The van der Waals surface area contributed by atoms with E-state index in [0.717, 1.165) is 12.8 Å². The molecule has 1 aliphatic carbocycles. The third kappa shape index (κ3) is 6.15. The van der Waals surface area contributed by atoms with Gasteiger partial charge in [0.1, 0.15) is 6.10 Å². The fourth-order valence-corrected chi connectivity index (χ4v) is 1.70. The molecule has 0 spiro atoms. The number of carbonyl (C=O) groups is 1. The lowest BCUT2D eigenvalue weighted by Crippen LogP contribution is -2.27. The van der Waals surface area contributed by atoms with Crippen LogP contribution in [-0.4, -0.2) is 18.7 Å². The van der Waals surface area contributed by atoms with E-state index in [-0.39, 0.29) is 12.2 Å². The molecule has 96 valence electrons. The summed E-state index contributed by atoms with van der Waals surface area (Å²) in [6.45, 7) is 4.44. The summed E-state index contributed by atoms with van der Waals surface area (Å²) in [5.74, 6) is 0.632. The van der Waals surface area contributed by atoms with E-state index in [1.165, 1.54) is 12.8 Å². The Morgan fingerprint density at radius 2 is 2.41 bits per heavy atom. The maximum Gasteiger partial charge on any atom is 0.407 e. The van der Waals surface area contributed by atoms with Crippen LogP contribution in [-0.2, 0) is 4.74 Å². The molecule has 1 rings (SSSR count). The van der Waals surface area contributed by atoms with Crippen LogP contribution in [0.2, 0.25) is 0 Å². The van der Waals surface area contributed by atoms with Gasteiger partial charge in [0.25, 0.3) is 0 Å². The molecule has 1 amide bonds. The Balaban J connectivity index is 2.12. The van der Waals surface area contributed by atoms with Crippen molar-refractivity contribution in [3.63, 3.8) is 0 Å². The number of rotatable bonds is 5. The molecule has 0 saturated carbocycles. The van der Waals surface area contributed by atoms with E-state index in [9.17, 15) is 4.79 Å². The van der Waals surface area contributed by atoms with Crippen LogP contribution in [0, 0.1) is 5.92 Å². The highest BCUT2D eigenvalue weighted by Crippen LogP contribution is 2.18. The lowest BCUT2D eigenvalue weighted by molar-refractivity contribution is 0.106. The molecule has 0 radical (unpaired) electrons. The molecule has 2 atom stereocenters. The first-order chi connectivity index (χ1) is 8.22. The van der Waals surface area contributed by atoms with Crippen molar-refractivity contribution in [1.29, 1.82) is 0 Å². The predicted molar refractivity (Wildman–Crippen MR) is 69.9 cm³/mol. The van der Waals surface area contributed by atoms with E-state index in [4.69, 9.17) is 4.74 Å². The van der Waals surface area contributed by atoms with E-state index >= 15 is 0 Å². The fraction of sp³-hybridized carbons (Fsp3) is 0.643. The molecule has 1 aliphatic rings. The van der Waals surface area contributed by atoms with Crippen molar-refractivity contribution >= 4 is 6.09 Å². The second-order valence-electron chi connectivity index (χ2n) is 4.48. The van der Waals surface area contributed by atoms with Gasteiger partial charge in [-0.2, -0.15) is 0 Å². The first-order valence-electron chi connectivity index (χ1n) is 6.48. The highest BCUT2D eigenvalue weighted by atomic mass is 16.6. The van der Waals surface area contributed by atoms with Gasteiger partial charge >= 0.3 is 6.09 Å². The van der Waals surface area contributed by atoms with Crippen LogP contribution in [0.3, 0.4) is 0 Å². The summed E-state index contributed by atoms with van der Waals surface area (Å²) < 4.78 is 5.10. The third-order valence-corrected chi connectivity index (χ3v) is 2.97. The van der Waals surface area contributed by atoms with E-state index in [1.807, 2.05) is 19.9 Å². The first-order valence-corrected chi connectivity index (χ1v) is 6.48. The van der Waals surface area contributed by atoms with E-state index in [2.05, 4.69) is 23.5 Å². The Labute approximate surface area is 104 Å². The number of ether oxygens (including phenoxy) is 1. The van der Waals surface area contributed by atoms with Crippen molar-refractivity contribution in [1.82, 2.24) is 5.32 Å². The van der Waals surface area contributed by atoms with Crippen LogP contribution in [0.5, 0.6) is 0 Å². The molecule has 3 heteroatoms. The molecule has 0 fully saturated rings. The summed E-state index contributed by atoms with van der Waals surface area (Å²) in [5, 5.41) is 2.72. The zero-order valence-corrected chi connectivity index (χ0v) is 10.8. The van der Waals surface area contributed by atoms with Crippen molar-refractivity contribution < 1.29 is 9.53 Å². The Hall–Kier alpha value is -1.25. The lowest BCUT2D eigenvalue weighted by atomic mass is 9.94. The van der Waals surface area contributed by atoms with Crippen molar-refractivity contribution in [3.05, 3.63) is 24.3 Å². The van der Waals surface area contributed by atoms with Gasteiger partial charge in [0.15, 0.2) is 0 Å². The van der Waals surface area contributed by atoms with Crippen LogP contribution >= 0.6 is 0 Å². The predicted octanol–water partition coefficient (Wildman–Crippen LogP) is 3.42. The van der Waals surface area contributed by atoms with Gasteiger partial charge in [-0.1, -0.05) is 31.2 Å². The Bertz CT molecular complexity index is 284. The standard InChI is InChI=1S/C14H23NO2/c1-3-12(2)17-14(16)15-11-7-10-13-8-5-4-6-9-13/h4-5,7,10,12-13H,3,6,8-9,11H2,1-2H3,(H,15,16)/b10-7+. The molecular formula is C14H23NO2. The minimum Gasteiger partial charge on any atom is -0.447 e. The maximum atomic E-state index is 11.3. The number of allylic oxidation sites excluding steroid dienone is 3. The van der Waals surface area contributed by atoms with Gasteiger partial charge in [-0.15, -0.1) is 0 Å². The molecule has 0 saturated heterocycles. The monoisotopic (exact) mass is 237 g/mol. The highest BCUT2D eigenvalue weighted by molar-refractivity contribution is 5.67. The molecule has 0 heterocycles. The average Bonchev–Trinajstić information content (AvgIpc) is 2.36. The summed E-state index contributed by atoms with van der Waals surface area (Å²) in [5.41, 5.74) is 0. The molecule has 0 bridgehead atoms. The molecule has 17 heavy (non-hydrogen) atoms. The van der Waals surface area contributed by atoms with Crippen molar-refractivity contribution in [2.45, 2.75) is 45.6 Å². The van der Waals surface area contributed by atoms with E-state index in [0.29, 0.717) is 12.5 Å². The largest absolute Gasteiger partial charge is 0.447 e. The van der Waals surface area contributed by atoms with E-state index < -0.39 is 0 Å². The molecule has 0 aromatic carbocycles. The minimum absolute atomic E-state index is 0.0116. The molecule has 0 aromatic rings. The van der Waals surface area contributed by atoms with Gasteiger partial charge in [0.2, 0.25) is 0 Å². The molecule has 2 unspecified atom stereocenters. The average molecular weight is 237 g/mol. The molecule has 1 N–H and O–H groups in total. The summed E-state index contributed by atoms with van der Waals surface area (Å²) in [6.07, 6.45) is 12.7. The van der Waals surface area contributed by atoms with Gasteiger partial charge in [0, 0.05) is 6.54 Å². The van der Waals surface area contributed by atoms with Crippen LogP contribution in [0.15, 0.2) is 24.3 Å². The fourth-order valence-electron chi connectivity index (χ4n) is 1.70. The molecule has 0 aliphatic heterocycles. The SMILES string of the molecule is CCC(C)OC(=O)NC/C=C/C1CC=CCC1. The van der Waals surface area contributed by atoms with Crippen molar-refractivity contribution in [2.24, 2.45) is 5.92 Å². The number of nitrogens with one attached hydrogen (secondary N) is 1. The molecule has 0 aromatic heterocycles. The zero-order valence-electron chi connectivity index (χ0n) is 10.8. The van der Waals surface area contributed by atoms with Crippen LogP contribution < -0.4 is 5.32 Å². The minimum atomic E-state index is -0.326. The van der Waals surface area contributed by atoms with Gasteiger partial charge < -0.3 is 10.1 Å². The van der Waals surface area contributed by atoms with Crippen molar-refractivity contribution in [3.8, 4) is 0 Å². The number of hydrogen-bond donors (Lipinski definition) is 1. The summed E-state index contributed by atoms with van der Waals surface area (Å²) >= 11 is 0. The topological polar surface area (TPSA) is 38.3 Å². The third-order valence-electron chi connectivity index (χ3n) is 2.97. The van der Waals surface area contributed by atoms with Crippen LogP contribution in [0.1, 0.15) is 39.5 Å². The zero-order chi connectivity index (χ0) is 12.5. The Kier molecular flexibility index (Phi) is 6.45. The number of carbonyl (C=O) groups excluding carboxylic acids is 1.